The SMILES string of the molecule is CCCOc1ccccc1NC(=O)CN1CCCN(Cc2ccc(C(F)(F)F)cc2)CC1. The summed E-state index contributed by atoms with van der Waals surface area (Å²) in [5, 5.41) is 2.94. The average molecular weight is 450 g/mol. The maximum atomic E-state index is 12.7. The third kappa shape index (κ3) is 7.24. The van der Waals surface area contributed by atoms with Crippen LogP contribution in [0.3, 0.4) is 0 Å². The first-order valence-corrected chi connectivity index (χ1v) is 11.0. The Morgan fingerprint density at radius 2 is 1.69 bits per heavy atom. The van der Waals surface area contributed by atoms with Crippen molar-refractivity contribution in [1.29, 1.82) is 0 Å². The van der Waals surface area contributed by atoms with Gasteiger partial charge in [-0.05, 0) is 55.8 Å². The van der Waals surface area contributed by atoms with E-state index in [0.29, 0.717) is 24.6 Å². The van der Waals surface area contributed by atoms with Gasteiger partial charge in [-0.3, -0.25) is 14.6 Å². The smallest absolute Gasteiger partial charge is 0.416 e. The zero-order chi connectivity index (χ0) is 23.0. The lowest BCUT2D eigenvalue weighted by atomic mass is 10.1. The van der Waals surface area contributed by atoms with E-state index in [0.717, 1.165) is 56.7 Å². The van der Waals surface area contributed by atoms with E-state index in [1.54, 1.807) is 0 Å². The number of hydrogen-bond acceptors (Lipinski definition) is 4. The number of nitrogens with zero attached hydrogens (tertiary/aromatic N) is 2. The minimum Gasteiger partial charge on any atom is -0.491 e. The molecule has 2 aromatic carbocycles. The maximum absolute atomic E-state index is 12.7. The van der Waals surface area contributed by atoms with Crippen LogP contribution >= 0.6 is 0 Å². The Morgan fingerprint density at radius 1 is 1.00 bits per heavy atom. The van der Waals surface area contributed by atoms with Crippen LogP contribution in [-0.4, -0.2) is 55.0 Å². The molecule has 0 bridgehead atoms. The fourth-order valence-corrected chi connectivity index (χ4v) is 3.70. The number of rotatable bonds is 8. The van der Waals surface area contributed by atoms with Crippen molar-refractivity contribution in [1.82, 2.24) is 9.80 Å². The molecule has 2 aromatic rings. The quantitative estimate of drug-likeness (QED) is 0.638. The number of nitrogens with one attached hydrogen (secondary N) is 1. The van der Waals surface area contributed by atoms with Crippen LogP contribution in [0.15, 0.2) is 48.5 Å². The first-order chi connectivity index (χ1) is 15.3. The highest BCUT2D eigenvalue weighted by Gasteiger charge is 2.30. The number of carbonyl (C=O) groups excluding carboxylic acids is 1. The summed E-state index contributed by atoms with van der Waals surface area (Å²) in [6.45, 7) is 6.62. The number of carbonyl (C=O) groups is 1. The summed E-state index contributed by atoms with van der Waals surface area (Å²) in [4.78, 5) is 16.9. The van der Waals surface area contributed by atoms with E-state index >= 15 is 0 Å². The maximum Gasteiger partial charge on any atom is 0.416 e. The first-order valence-electron chi connectivity index (χ1n) is 11.0. The molecule has 8 heteroatoms. The van der Waals surface area contributed by atoms with Gasteiger partial charge in [0.15, 0.2) is 0 Å². The molecule has 0 unspecified atom stereocenters. The van der Waals surface area contributed by atoms with Crippen molar-refractivity contribution in [2.24, 2.45) is 0 Å². The van der Waals surface area contributed by atoms with Crippen molar-refractivity contribution in [2.75, 3.05) is 44.6 Å². The predicted molar refractivity (Wildman–Crippen MR) is 119 cm³/mol. The zero-order valence-corrected chi connectivity index (χ0v) is 18.3. The average Bonchev–Trinajstić information content (AvgIpc) is 2.98. The van der Waals surface area contributed by atoms with Gasteiger partial charge in [-0.15, -0.1) is 0 Å². The molecule has 1 aliphatic rings. The Labute approximate surface area is 187 Å². The summed E-state index contributed by atoms with van der Waals surface area (Å²) >= 11 is 0. The molecule has 0 spiro atoms. The molecular weight excluding hydrogens is 419 g/mol. The van der Waals surface area contributed by atoms with Gasteiger partial charge in [0, 0.05) is 19.6 Å². The number of para-hydroxylation sites is 2. The van der Waals surface area contributed by atoms with Crippen molar-refractivity contribution in [2.45, 2.75) is 32.5 Å². The van der Waals surface area contributed by atoms with Gasteiger partial charge < -0.3 is 10.1 Å². The minimum atomic E-state index is -4.31. The van der Waals surface area contributed by atoms with Gasteiger partial charge in [-0.2, -0.15) is 13.2 Å². The lowest BCUT2D eigenvalue weighted by Crippen LogP contribution is -2.36. The highest BCUT2D eigenvalue weighted by molar-refractivity contribution is 5.93. The molecule has 0 radical (unpaired) electrons. The number of hydrogen-bond donors (Lipinski definition) is 1. The number of ether oxygens (including phenoxy) is 1. The molecule has 1 heterocycles. The summed E-state index contributed by atoms with van der Waals surface area (Å²) in [5.74, 6) is 0.579. The molecule has 1 N–H and O–H groups in total. The number of amides is 1. The molecule has 1 amide bonds. The topological polar surface area (TPSA) is 44.8 Å². The Bertz CT molecular complexity index is 872. The number of benzene rings is 2. The van der Waals surface area contributed by atoms with E-state index < -0.39 is 11.7 Å². The van der Waals surface area contributed by atoms with Crippen molar-refractivity contribution in [3.63, 3.8) is 0 Å². The van der Waals surface area contributed by atoms with Gasteiger partial charge in [0.2, 0.25) is 5.91 Å². The zero-order valence-electron chi connectivity index (χ0n) is 18.3. The van der Waals surface area contributed by atoms with Crippen LogP contribution in [-0.2, 0) is 17.5 Å². The van der Waals surface area contributed by atoms with Crippen molar-refractivity contribution in [3.8, 4) is 5.75 Å². The summed E-state index contributed by atoms with van der Waals surface area (Å²) in [5.41, 5.74) is 0.897. The third-order valence-electron chi connectivity index (χ3n) is 5.36. The van der Waals surface area contributed by atoms with Crippen LogP contribution in [0.25, 0.3) is 0 Å². The summed E-state index contributed by atoms with van der Waals surface area (Å²) < 4.78 is 43.9. The first kappa shape index (κ1) is 24.1. The fourth-order valence-electron chi connectivity index (χ4n) is 3.70. The van der Waals surface area contributed by atoms with Gasteiger partial charge >= 0.3 is 6.18 Å². The monoisotopic (exact) mass is 449 g/mol. The Balaban J connectivity index is 1.48. The molecule has 32 heavy (non-hydrogen) atoms. The highest BCUT2D eigenvalue weighted by Crippen LogP contribution is 2.29. The molecule has 3 rings (SSSR count). The van der Waals surface area contributed by atoms with Crippen molar-refractivity contribution in [3.05, 3.63) is 59.7 Å². The van der Waals surface area contributed by atoms with Crippen molar-refractivity contribution < 1.29 is 22.7 Å². The molecule has 1 fully saturated rings. The van der Waals surface area contributed by atoms with Gasteiger partial charge in [-0.1, -0.05) is 31.2 Å². The Morgan fingerprint density at radius 3 is 2.41 bits per heavy atom. The molecule has 0 aliphatic carbocycles. The highest BCUT2D eigenvalue weighted by atomic mass is 19.4. The van der Waals surface area contributed by atoms with E-state index in [2.05, 4.69) is 15.1 Å². The molecular formula is C24H30F3N3O2. The summed E-state index contributed by atoms with van der Waals surface area (Å²) in [7, 11) is 0. The van der Waals surface area contributed by atoms with Crippen LogP contribution in [0.4, 0.5) is 18.9 Å². The molecule has 1 aliphatic heterocycles. The van der Waals surface area contributed by atoms with E-state index in [-0.39, 0.29) is 12.5 Å². The molecule has 0 aromatic heterocycles. The second-order valence-corrected chi connectivity index (χ2v) is 7.99. The molecule has 5 nitrogen and oxygen atoms in total. The van der Waals surface area contributed by atoms with E-state index in [1.165, 1.54) is 12.1 Å². The number of halogens is 3. The van der Waals surface area contributed by atoms with Crippen LogP contribution < -0.4 is 10.1 Å². The lowest BCUT2D eigenvalue weighted by Gasteiger charge is -2.22. The van der Waals surface area contributed by atoms with Crippen LogP contribution in [0.1, 0.15) is 30.9 Å². The minimum absolute atomic E-state index is 0.0891. The lowest BCUT2D eigenvalue weighted by molar-refractivity contribution is -0.137. The van der Waals surface area contributed by atoms with E-state index in [1.807, 2.05) is 31.2 Å². The summed E-state index contributed by atoms with van der Waals surface area (Å²) in [6, 6.07) is 12.7. The third-order valence-corrected chi connectivity index (χ3v) is 5.36. The normalized spacial score (nSPS) is 15.9. The largest absolute Gasteiger partial charge is 0.491 e. The van der Waals surface area contributed by atoms with Crippen LogP contribution in [0, 0.1) is 0 Å². The number of alkyl halides is 3. The van der Waals surface area contributed by atoms with Crippen LogP contribution in [0.2, 0.25) is 0 Å². The van der Waals surface area contributed by atoms with Gasteiger partial charge in [0.25, 0.3) is 0 Å². The Hall–Kier alpha value is -2.58. The second-order valence-electron chi connectivity index (χ2n) is 7.99. The van der Waals surface area contributed by atoms with Crippen LogP contribution in [0.5, 0.6) is 5.75 Å². The van der Waals surface area contributed by atoms with Gasteiger partial charge in [-0.25, -0.2) is 0 Å². The molecule has 174 valence electrons. The van der Waals surface area contributed by atoms with Gasteiger partial charge in [0.1, 0.15) is 5.75 Å². The standard InChI is InChI=1S/C24H30F3N3O2/c1-2-16-32-22-7-4-3-6-21(22)28-23(31)18-30-13-5-12-29(14-15-30)17-19-8-10-20(11-9-19)24(25,26)27/h3-4,6-11H,2,5,12-18H2,1H3,(H,28,31). The molecule has 0 atom stereocenters. The predicted octanol–water partition coefficient (Wildman–Crippen LogP) is 4.64. The number of anilines is 1. The van der Waals surface area contributed by atoms with Crippen molar-refractivity contribution >= 4 is 11.6 Å². The van der Waals surface area contributed by atoms with E-state index in [4.69, 9.17) is 4.74 Å². The molecule has 0 saturated carbocycles. The second kappa shape index (κ2) is 11.3. The fraction of sp³-hybridized carbons (Fsp3) is 0.458. The summed E-state index contributed by atoms with van der Waals surface area (Å²) in [6.07, 6.45) is -2.53. The molecule has 1 saturated heterocycles. The van der Waals surface area contributed by atoms with E-state index in [9.17, 15) is 18.0 Å². The van der Waals surface area contributed by atoms with Gasteiger partial charge in [0.05, 0.1) is 24.4 Å². The Kier molecular flexibility index (Phi) is 8.53.